The SMILES string of the molecule is COc1ccccc1CNC(=O)c1ccc(N(C)C)c(C)c1. The topological polar surface area (TPSA) is 41.6 Å². The van der Waals surface area contributed by atoms with Crippen LogP contribution >= 0.6 is 0 Å². The van der Waals surface area contributed by atoms with Crippen LogP contribution in [0.5, 0.6) is 5.75 Å². The van der Waals surface area contributed by atoms with Gasteiger partial charge in [0.25, 0.3) is 5.91 Å². The van der Waals surface area contributed by atoms with Gasteiger partial charge in [0, 0.05) is 37.5 Å². The molecule has 116 valence electrons. The molecule has 0 atom stereocenters. The summed E-state index contributed by atoms with van der Waals surface area (Å²) < 4.78 is 5.29. The van der Waals surface area contributed by atoms with Gasteiger partial charge in [0.05, 0.1) is 7.11 Å². The maximum absolute atomic E-state index is 12.3. The number of hydrogen-bond donors (Lipinski definition) is 1. The predicted molar refractivity (Wildman–Crippen MR) is 89.7 cm³/mol. The third-order valence-corrected chi connectivity index (χ3v) is 3.57. The van der Waals surface area contributed by atoms with Gasteiger partial charge in [-0.2, -0.15) is 0 Å². The summed E-state index contributed by atoms with van der Waals surface area (Å²) in [5.74, 6) is 0.696. The molecule has 2 rings (SSSR count). The molecule has 2 aromatic carbocycles. The predicted octanol–water partition coefficient (Wildman–Crippen LogP) is 3.00. The van der Waals surface area contributed by atoms with Crippen LogP contribution in [0.3, 0.4) is 0 Å². The largest absolute Gasteiger partial charge is 0.496 e. The molecule has 2 aromatic rings. The zero-order chi connectivity index (χ0) is 16.1. The Labute approximate surface area is 131 Å². The molecule has 0 unspecified atom stereocenters. The molecule has 1 N–H and O–H groups in total. The molecule has 0 aliphatic carbocycles. The van der Waals surface area contributed by atoms with E-state index in [2.05, 4.69) is 5.32 Å². The number of carbonyl (C=O) groups is 1. The van der Waals surface area contributed by atoms with Crippen molar-refractivity contribution in [3.63, 3.8) is 0 Å². The lowest BCUT2D eigenvalue weighted by Gasteiger charge is -2.16. The van der Waals surface area contributed by atoms with Gasteiger partial charge in [-0.3, -0.25) is 4.79 Å². The maximum atomic E-state index is 12.3. The van der Waals surface area contributed by atoms with E-state index in [0.29, 0.717) is 12.1 Å². The first-order valence-corrected chi connectivity index (χ1v) is 7.21. The number of aryl methyl sites for hydroxylation is 1. The number of amides is 1. The van der Waals surface area contributed by atoms with Gasteiger partial charge in [0.15, 0.2) is 0 Å². The van der Waals surface area contributed by atoms with E-state index in [4.69, 9.17) is 4.74 Å². The van der Waals surface area contributed by atoms with Crippen LogP contribution in [0.25, 0.3) is 0 Å². The van der Waals surface area contributed by atoms with Crippen molar-refractivity contribution in [2.24, 2.45) is 0 Å². The highest BCUT2D eigenvalue weighted by atomic mass is 16.5. The molecule has 0 aliphatic heterocycles. The van der Waals surface area contributed by atoms with Gasteiger partial charge in [0.1, 0.15) is 5.75 Å². The number of anilines is 1. The van der Waals surface area contributed by atoms with E-state index < -0.39 is 0 Å². The molecule has 0 aliphatic rings. The molecule has 0 saturated carbocycles. The van der Waals surface area contributed by atoms with E-state index in [-0.39, 0.29) is 5.91 Å². The molecule has 0 fully saturated rings. The highest BCUT2D eigenvalue weighted by Gasteiger charge is 2.09. The van der Waals surface area contributed by atoms with Crippen molar-refractivity contribution < 1.29 is 9.53 Å². The lowest BCUT2D eigenvalue weighted by atomic mass is 10.1. The molecule has 0 heterocycles. The quantitative estimate of drug-likeness (QED) is 0.922. The molecule has 0 bridgehead atoms. The number of hydrogen-bond acceptors (Lipinski definition) is 3. The minimum absolute atomic E-state index is 0.0840. The smallest absolute Gasteiger partial charge is 0.251 e. The first-order valence-electron chi connectivity index (χ1n) is 7.21. The zero-order valence-electron chi connectivity index (χ0n) is 13.5. The normalized spacial score (nSPS) is 10.2. The monoisotopic (exact) mass is 298 g/mol. The zero-order valence-corrected chi connectivity index (χ0v) is 13.5. The van der Waals surface area contributed by atoms with Gasteiger partial charge >= 0.3 is 0 Å². The van der Waals surface area contributed by atoms with Crippen molar-refractivity contribution in [2.75, 3.05) is 26.1 Å². The van der Waals surface area contributed by atoms with Crippen molar-refractivity contribution in [3.05, 3.63) is 59.2 Å². The number of methoxy groups -OCH3 is 1. The summed E-state index contributed by atoms with van der Waals surface area (Å²) in [5.41, 5.74) is 3.81. The van der Waals surface area contributed by atoms with Crippen LogP contribution in [-0.4, -0.2) is 27.1 Å². The second-order valence-electron chi connectivity index (χ2n) is 5.39. The van der Waals surface area contributed by atoms with Crippen molar-refractivity contribution in [1.82, 2.24) is 5.32 Å². The van der Waals surface area contributed by atoms with Gasteiger partial charge in [0.2, 0.25) is 0 Å². The number of para-hydroxylation sites is 1. The molecule has 0 radical (unpaired) electrons. The third kappa shape index (κ3) is 3.58. The average molecular weight is 298 g/mol. The lowest BCUT2D eigenvalue weighted by molar-refractivity contribution is 0.0950. The number of ether oxygens (including phenoxy) is 1. The summed E-state index contributed by atoms with van der Waals surface area (Å²) in [6, 6.07) is 13.4. The summed E-state index contributed by atoms with van der Waals surface area (Å²) in [6.07, 6.45) is 0. The van der Waals surface area contributed by atoms with Crippen molar-refractivity contribution >= 4 is 11.6 Å². The number of carbonyl (C=O) groups excluding carboxylic acids is 1. The summed E-state index contributed by atoms with van der Waals surface area (Å²) in [4.78, 5) is 14.3. The van der Waals surface area contributed by atoms with Crippen LogP contribution in [-0.2, 0) is 6.54 Å². The summed E-state index contributed by atoms with van der Waals surface area (Å²) in [7, 11) is 5.61. The lowest BCUT2D eigenvalue weighted by Crippen LogP contribution is -2.23. The van der Waals surface area contributed by atoms with Crippen molar-refractivity contribution in [3.8, 4) is 5.75 Å². The third-order valence-electron chi connectivity index (χ3n) is 3.57. The Balaban J connectivity index is 2.08. The van der Waals surface area contributed by atoms with Crippen LogP contribution in [0.2, 0.25) is 0 Å². The molecule has 4 nitrogen and oxygen atoms in total. The van der Waals surface area contributed by atoms with E-state index in [1.165, 1.54) is 0 Å². The van der Waals surface area contributed by atoms with Gasteiger partial charge in [-0.05, 0) is 36.8 Å². The number of rotatable bonds is 5. The summed E-state index contributed by atoms with van der Waals surface area (Å²) in [5, 5.41) is 2.93. The maximum Gasteiger partial charge on any atom is 0.251 e. The number of nitrogens with zero attached hydrogens (tertiary/aromatic N) is 1. The number of nitrogens with one attached hydrogen (secondary N) is 1. The molecular weight excluding hydrogens is 276 g/mol. The molecule has 0 spiro atoms. The molecular formula is C18H22N2O2. The molecule has 0 saturated heterocycles. The van der Waals surface area contributed by atoms with E-state index >= 15 is 0 Å². The van der Waals surface area contributed by atoms with Crippen LogP contribution in [0, 0.1) is 6.92 Å². The number of benzene rings is 2. The Morgan fingerprint density at radius 3 is 2.55 bits per heavy atom. The van der Waals surface area contributed by atoms with E-state index in [0.717, 1.165) is 22.6 Å². The second-order valence-corrected chi connectivity index (χ2v) is 5.39. The van der Waals surface area contributed by atoms with Gasteiger partial charge in [-0.25, -0.2) is 0 Å². The molecule has 1 amide bonds. The molecule has 0 aromatic heterocycles. The molecule has 4 heteroatoms. The Morgan fingerprint density at radius 1 is 1.18 bits per heavy atom. The Kier molecular flexibility index (Phi) is 5.04. The summed E-state index contributed by atoms with van der Waals surface area (Å²) in [6.45, 7) is 2.45. The van der Waals surface area contributed by atoms with E-state index in [9.17, 15) is 4.79 Å². The standard InChI is InChI=1S/C18H22N2O2/c1-13-11-14(9-10-16(13)20(2)3)18(21)19-12-15-7-5-6-8-17(15)22-4/h5-11H,12H2,1-4H3,(H,19,21). The van der Waals surface area contributed by atoms with Crippen LogP contribution < -0.4 is 15.0 Å². The van der Waals surface area contributed by atoms with Crippen LogP contribution in [0.15, 0.2) is 42.5 Å². The Morgan fingerprint density at radius 2 is 1.91 bits per heavy atom. The second kappa shape index (κ2) is 6.98. The van der Waals surface area contributed by atoms with Gasteiger partial charge < -0.3 is 15.0 Å². The Bertz CT molecular complexity index is 666. The minimum atomic E-state index is -0.0840. The minimum Gasteiger partial charge on any atom is -0.496 e. The Hall–Kier alpha value is -2.49. The fourth-order valence-electron chi connectivity index (χ4n) is 2.43. The first-order chi connectivity index (χ1) is 10.5. The van der Waals surface area contributed by atoms with Crippen molar-refractivity contribution in [2.45, 2.75) is 13.5 Å². The van der Waals surface area contributed by atoms with E-state index in [1.54, 1.807) is 7.11 Å². The fraction of sp³-hybridized carbons (Fsp3) is 0.278. The molecule has 22 heavy (non-hydrogen) atoms. The highest BCUT2D eigenvalue weighted by Crippen LogP contribution is 2.20. The van der Waals surface area contributed by atoms with Gasteiger partial charge in [-0.15, -0.1) is 0 Å². The fourth-order valence-corrected chi connectivity index (χ4v) is 2.43. The van der Waals surface area contributed by atoms with Crippen molar-refractivity contribution in [1.29, 1.82) is 0 Å². The van der Waals surface area contributed by atoms with Crippen LogP contribution in [0.4, 0.5) is 5.69 Å². The van der Waals surface area contributed by atoms with E-state index in [1.807, 2.05) is 68.4 Å². The average Bonchev–Trinajstić information content (AvgIpc) is 2.52. The highest BCUT2D eigenvalue weighted by molar-refractivity contribution is 5.94. The van der Waals surface area contributed by atoms with Gasteiger partial charge in [-0.1, -0.05) is 18.2 Å². The van der Waals surface area contributed by atoms with Crippen LogP contribution in [0.1, 0.15) is 21.5 Å². The summed E-state index contributed by atoms with van der Waals surface area (Å²) >= 11 is 0. The first kappa shape index (κ1) is 15.9.